The Balaban J connectivity index is 1.93. The topological polar surface area (TPSA) is 87.3 Å². The summed E-state index contributed by atoms with van der Waals surface area (Å²) in [7, 11) is -3.49. The maximum absolute atomic E-state index is 12.1. The molecule has 0 saturated heterocycles. The molecule has 3 rings (SSSR count). The van der Waals surface area contributed by atoms with Gasteiger partial charge >= 0.3 is 0 Å². The molecule has 3 N–H and O–H groups in total. The van der Waals surface area contributed by atoms with Crippen LogP contribution in [0.2, 0.25) is 0 Å². The van der Waals surface area contributed by atoms with Crippen molar-refractivity contribution in [2.75, 3.05) is 10.6 Å². The number of hydrogen-bond acceptors (Lipinski definition) is 4. The normalized spacial score (nSPS) is 22.4. The summed E-state index contributed by atoms with van der Waals surface area (Å²) >= 11 is 0. The van der Waals surface area contributed by atoms with Gasteiger partial charge in [-0.2, -0.15) is 0 Å². The van der Waals surface area contributed by atoms with E-state index in [4.69, 9.17) is 0 Å². The van der Waals surface area contributed by atoms with Crippen molar-refractivity contribution in [2.45, 2.75) is 36.7 Å². The number of anilines is 2. The zero-order valence-electron chi connectivity index (χ0n) is 10.4. The van der Waals surface area contributed by atoms with Gasteiger partial charge in [-0.3, -0.25) is 4.79 Å². The zero-order chi connectivity index (χ0) is 13.6. The van der Waals surface area contributed by atoms with E-state index in [2.05, 4.69) is 15.4 Å². The third-order valence-electron chi connectivity index (χ3n) is 3.22. The molecule has 7 heteroatoms. The first kappa shape index (κ1) is 12.4. The van der Waals surface area contributed by atoms with Crippen molar-refractivity contribution in [3.8, 4) is 0 Å². The molecule has 1 unspecified atom stereocenters. The van der Waals surface area contributed by atoms with E-state index in [1.165, 1.54) is 6.07 Å². The van der Waals surface area contributed by atoms with Crippen molar-refractivity contribution < 1.29 is 13.2 Å². The van der Waals surface area contributed by atoms with E-state index >= 15 is 0 Å². The van der Waals surface area contributed by atoms with Crippen molar-refractivity contribution in [1.82, 2.24) is 4.72 Å². The van der Waals surface area contributed by atoms with Crippen LogP contribution in [0.15, 0.2) is 23.1 Å². The molecule has 1 aromatic rings. The van der Waals surface area contributed by atoms with Crippen molar-refractivity contribution >= 4 is 27.3 Å². The average molecular weight is 281 g/mol. The van der Waals surface area contributed by atoms with E-state index < -0.39 is 10.0 Å². The fourth-order valence-electron chi connectivity index (χ4n) is 1.95. The van der Waals surface area contributed by atoms with Crippen LogP contribution in [0.1, 0.15) is 19.8 Å². The van der Waals surface area contributed by atoms with Crippen LogP contribution in [-0.4, -0.2) is 26.4 Å². The second kappa shape index (κ2) is 4.21. The Bertz CT molecular complexity index is 638. The van der Waals surface area contributed by atoms with Crippen molar-refractivity contribution in [2.24, 2.45) is 0 Å². The Morgan fingerprint density at radius 1 is 1.26 bits per heavy atom. The number of carbonyl (C=O) groups is 1. The molecule has 1 atom stereocenters. The van der Waals surface area contributed by atoms with Crippen LogP contribution in [0, 0.1) is 0 Å². The molecule has 0 radical (unpaired) electrons. The van der Waals surface area contributed by atoms with Crippen molar-refractivity contribution in [3.05, 3.63) is 18.2 Å². The minimum atomic E-state index is -3.49. The molecule has 19 heavy (non-hydrogen) atoms. The SMILES string of the molecule is CC1Nc2ccc(S(=O)(=O)NC3CC3)cc2NC1=O. The van der Waals surface area contributed by atoms with Gasteiger partial charge in [-0.15, -0.1) is 0 Å². The highest BCUT2D eigenvalue weighted by molar-refractivity contribution is 7.89. The van der Waals surface area contributed by atoms with Gasteiger partial charge in [-0.1, -0.05) is 0 Å². The summed E-state index contributed by atoms with van der Waals surface area (Å²) < 4.78 is 26.8. The second-order valence-corrected chi connectivity index (χ2v) is 6.67. The van der Waals surface area contributed by atoms with Crippen LogP contribution in [-0.2, 0) is 14.8 Å². The number of amides is 1. The van der Waals surface area contributed by atoms with E-state index in [0.29, 0.717) is 5.69 Å². The van der Waals surface area contributed by atoms with Gasteiger partial charge in [0, 0.05) is 6.04 Å². The molecular weight excluding hydrogens is 266 g/mol. The quantitative estimate of drug-likeness (QED) is 0.767. The van der Waals surface area contributed by atoms with Crippen LogP contribution < -0.4 is 15.4 Å². The molecule has 1 saturated carbocycles. The summed E-state index contributed by atoms with van der Waals surface area (Å²) in [4.78, 5) is 11.7. The van der Waals surface area contributed by atoms with E-state index in [1.54, 1.807) is 19.1 Å². The first-order valence-corrected chi connectivity index (χ1v) is 7.68. The highest BCUT2D eigenvalue weighted by atomic mass is 32.2. The summed E-state index contributed by atoms with van der Waals surface area (Å²) in [5.74, 6) is -0.169. The Hall–Kier alpha value is -1.60. The van der Waals surface area contributed by atoms with Gasteiger partial charge in [0.25, 0.3) is 0 Å². The molecule has 0 spiro atoms. The lowest BCUT2D eigenvalue weighted by atomic mass is 10.1. The largest absolute Gasteiger partial charge is 0.372 e. The zero-order valence-corrected chi connectivity index (χ0v) is 11.3. The molecule has 102 valence electrons. The van der Waals surface area contributed by atoms with E-state index in [0.717, 1.165) is 18.5 Å². The molecule has 1 aliphatic heterocycles. The van der Waals surface area contributed by atoms with Gasteiger partial charge in [0.05, 0.1) is 16.3 Å². The Morgan fingerprint density at radius 3 is 2.68 bits per heavy atom. The summed E-state index contributed by atoms with van der Waals surface area (Å²) in [5.41, 5.74) is 1.24. The maximum atomic E-state index is 12.1. The van der Waals surface area contributed by atoms with Crippen LogP contribution in [0.25, 0.3) is 0 Å². The predicted octanol–water partition coefficient (Wildman–Crippen LogP) is 0.880. The predicted molar refractivity (Wildman–Crippen MR) is 71.5 cm³/mol. The van der Waals surface area contributed by atoms with Crippen molar-refractivity contribution in [1.29, 1.82) is 0 Å². The number of rotatable bonds is 3. The van der Waals surface area contributed by atoms with Crippen LogP contribution >= 0.6 is 0 Å². The summed E-state index contributed by atoms with van der Waals surface area (Å²) in [5, 5.41) is 5.71. The molecule has 1 aliphatic carbocycles. The number of benzene rings is 1. The summed E-state index contributed by atoms with van der Waals surface area (Å²) in [6.45, 7) is 1.75. The molecule has 1 aromatic carbocycles. The Kier molecular flexibility index (Phi) is 2.75. The van der Waals surface area contributed by atoms with E-state index in [9.17, 15) is 13.2 Å². The molecule has 1 heterocycles. The van der Waals surface area contributed by atoms with Gasteiger partial charge in [-0.25, -0.2) is 13.1 Å². The minimum Gasteiger partial charge on any atom is -0.372 e. The number of sulfonamides is 1. The monoisotopic (exact) mass is 281 g/mol. The first-order valence-electron chi connectivity index (χ1n) is 6.19. The van der Waals surface area contributed by atoms with E-state index in [1.807, 2.05) is 0 Å². The first-order chi connectivity index (χ1) is 8.95. The number of hydrogen-bond donors (Lipinski definition) is 3. The Morgan fingerprint density at radius 2 is 2.00 bits per heavy atom. The lowest BCUT2D eigenvalue weighted by Gasteiger charge is -2.24. The van der Waals surface area contributed by atoms with Crippen LogP contribution in [0.3, 0.4) is 0 Å². The molecule has 0 aromatic heterocycles. The molecule has 1 amide bonds. The van der Waals surface area contributed by atoms with Gasteiger partial charge in [-0.05, 0) is 38.0 Å². The molecule has 0 bridgehead atoms. The smallest absolute Gasteiger partial charge is 0.246 e. The van der Waals surface area contributed by atoms with Crippen LogP contribution in [0.4, 0.5) is 11.4 Å². The van der Waals surface area contributed by atoms with Crippen molar-refractivity contribution in [3.63, 3.8) is 0 Å². The Labute approximate surface area is 111 Å². The second-order valence-electron chi connectivity index (χ2n) is 4.96. The van der Waals surface area contributed by atoms with Gasteiger partial charge in [0.15, 0.2) is 0 Å². The van der Waals surface area contributed by atoms with Gasteiger partial charge < -0.3 is 10.6 Å². The highest BCUT2D eigenvalue weighted by Gasteiger charge is 2.29. The fourth-order valence-corrected chi connectivity index (χ4v) is 3.28. The third-order valence-corrected chi connectivity index (χ3v) is 4.74. The average Bonchev–Trinajstić information content (AvgIpc) is 3.13. The molecule has 2 aliphatic rings. The lowest BCUT2D eigenvalue weighted by molar-refractivity contribution is -0.116. The van der Waals surface area contributed by atoms with Gasteiger partial charge in [0.1, 0.15) is 6.04 Å². The fraction of sp³-hybridized carbons (Fsp3) is 0.417. The summed E-state index contributed by atoms with van der Waals surface area (Å²) in [6.07, 6.45) is 1.78. The van der Waals surface area contributed by atoms with E-state index in [-0.39, 0.29) is 22.9 Å². The van der Waals surface area contributed by atoms with Crippen LogP contribution in [0.5, 0.6) is 0 Å². The third kappa shape index (κ3) is 2.43. The number of nitrogens with one attached hydrogen (secondary N) is 3. The lowest BCUT2D eigenvalue weighted by Crippen LogP contribution is -2.36. The standard InChI is InChI=1S/C12H15N3O3S/c1-7-12(16)14-11-6-9(4-5-10(11)13-7)19(17,18)15-8-2-3-8/h4-8,13,15H,2-3H2,1H3,(H,14,16). The molecular formula is C12H15N3O3S. The summed E-state index contributed by atoms with van der Waals surface area (Å²) in [6, 6.07) is 4.44. The maximum Gasteiger partial charge on any atom is 0.246 e. The molecule has 6 nitrogen and oxygen atoms in total. The number of carbonyl (C=O) groups excluding carboxylic acids is 1. The minimum absolute atomic E-state index is 0.0637. The van der Waals surface area contributed by atoms with Gasteiger partial charge in [0.2, 0.25) is 15.9 Å². The number of fused-ring (bicyclic) bond motifs is 1. The highest BCUT2D eigenvalue weighted by Crippen LogP contribution is 2.30. The molecule has 1 fully saturated rings.